The standard InChI is InChI=1S/C7H4BF3N2O3/c9-7(10,11)16-6-3-1-5(2-4-6)8(12-14)13-15/h1-4H. The van der Waals surface area contributed by atoms with Gasteiger partial charge in [-0.15, -0.1) is 13.2 Å². The number of hydrogen-bond donors (Lipinski definition) is 0. The van der Waals surface area contributed by atoms with Crippen molar-refractivity contribution in [1.82, 2.24) is 0 Å². The van der Waals surface area contributed by atoms with E-state index >= 15 is 0 Å². The van der Waals surface area contributed by atoms with Crippen molar-refractivity contribution in [3.8, 4) is 5.75 Å². The Kier molecular flexibility index (Phi) is 3.59. The van der Waals surface area contributed by atoms with Gasteiger partial charge in [0.15, 0.2) is 0 Å². The van der Waals surface area contributed by atoms with E-state index in [0.717, 1.165) is 24.3 Å². The van der Waals surface area contributed by atoms with E-state index in [0.29, 0.717) is 0 Å². The lowest BCUT2D eigenvalue weighted by atomic mass is 9.71. The van der Waals surface area contributed by atoms with E-state index in [1.54, 1.807) is 0 Å². The number of rotatable bonds is 4. The highest BCUT2D eigenvalue weighted by atomic mass is 19.4. The van der Waals surface area contributed by atoms with E-state index in [1.807, 2.05) is 0 Å². The molecule has 0 fully saturated rings. The van der Waals surface area contributed by atoms with Gasteiger partial charge in [-0.05, 0) is 17.6 Å². The molecule has 0 aromatic heterocycles. The number of halogens is 3. The molecule has 0 bridgehead atoms. The molecule has 1 rings (SSSR count). The molecular weight excluding hydrogens is 228 g/mol. The van der Waals surface area contributed by atoms with Crippen LogP contribution in [0, 0.1) is 9.81 Å². The van der Waals surface area contributed by atoms with Crippen LogP contribution in [0.4, 0.5) is 13.2 Å². The first-order valence-electron chi connectivity index (χ1n) is 3.97. The van der Waals surface area contributed by atoms with Crippen LogP contribution in [0.1, 0.15) is 0 Å². The first kappa shape index (κ1) is 12.1. The second-order valence-electron chi connectivity index (χ2n) is 2.70. The van der Waals surface area contributed by atoms with E-state index in [1.165, 1.54) is 0 Å². The molecule has 0 saturated heterocycles. The lowest BCUT2D eigenvalue weighted by Gasteiger charge is -2.08. The van der Waals surface area contributed by atoms with Crippen LogP contribution in [0.3, 0.4) is 0 Å². The largest absolute Gasteiger partial charge is 0.573 e. The van der Waals surface area contributed by atoms with Crippen LogP contribution < -0.4 is 10.2 Å². The number of nitroso groups, excluding NO2 is 2. The molecule has 0 radical (unpaired) electrons. The Labute approximate surface area is 87.7 Å². The van der Waals surface area contributed by atoms with Gasteiger partial charge < -0.3 is 4.74 Å². The Morgan fingerprint density at radius 2 is 1.56 bits per heavy atom. The van der Waals surface area contributed by atoms with E-state index in [4.69, 9.17) is 0 Å². The van der Waals surface area contributed by atoms with Crippen LogP contribution in [0.25, 0.3) is 0 Å². The molecule has 0 unspecified atom stereocenters. The second-order valence-corrected chi connectivity index (χ2v) is 2.70. The van der Waals surface area contributed by atoms with Crippen LogP contribution in [0.15, 0.2) is 34.4 Å². The summed E-state index contributed by atoms with van der Waals surface area (Å²) < 4.78 is 38.9. The van der Waals surface area contributed by atoms with Crippen LogP contribution >= 0.6 is 0 Å². The maximum atomic E-state index is 11.8. The molecule has 0 saturated carbocycles. The van der Waals surface area contributed by atoms with Crippen molar-refractivity contribution in [1.29, 1.82) is 0 Å². The predicted octanol–water partition coefficient (Wildman–Crippen LogP) is 1.81. The summed E-state index contributed by atoms with van der Waals surface area (Å²) in [7, 11) is 0. The van der Waals surface area contributed by atoms with Gasteiger partial charge in [0.25, 0.3) is 0 Å². The third-order valence-corrected chi connectivity index (χ3v) is 1.61. The summed E-state index contributed by atoms with van der Waals surface area (Å²) in [6.45, 7) is -1.46. The molecular formula is C7H4BF3N2O3. The van der Waals surface area contributed by atoms with Gasteiger partial charge in [-0.2, -0.15) is 9.81 Å². The Hall–Kier alpha value is -1.93. The van der Waals surface area contributed by atoms with Gasteiger partial charge in [0.2, 0.25) is 0 Å². The van der Waals surface area contributed by atoms with Crippen LogP contribution in [0.5, 0.6) is 5.75 Å². The number of ether oxygens (including phenoxy) is 1. The molecule has 0 atom stereocenters. The van der Waals surface area contributed by atoms with E-state index in [2.05, 4.69) is 14.9 Å². The number of benzene rings is 1. The topological polar surface area (TPSA) is 68.1 Å². The zero-order valence-corrected chi connectivity index (χ0v) is 7.64. The second kappa shape index (κ2) is 4.73. The van der Waals surface area contributed by atoms with E-state index in [-0.39, 0.29) is 5.46 Å². The van der Waals surface area contributed by atoms with Crippen LogP contribution in [-0.4, -0.2) is 13.3 Å². The van der Waals surface area contributed by atoms with Crippen molar-refractivity contribution >= 4 is 12.4 Å². The van der Waals surface area contributed by atoms with Gasteiger partial charge >= 0.3 is 13.3 Å². The minimum absolute atomic E-state index is 0.0968. The maximum absolute atomic E-state index is 11.8. The Balaban J connectivity index is 2.82. The molecule has 0 spiro atoms. The first-order chi connectivity index (χ1) is 7.46. The number of hydrogen-bond acceptors (Lipinski definition) is 5. The molecule has 1 aromatic rings. The fourth-order valence-electron chi connectivity index (χ4n) is 0.983. The predicted molar refractivity (Wildman–Crippen MR) is 50.1 cm³/mol. The number of nitrogens with zero attached hydrogens (tertiary/aromatic N) is 2. The molecule has 0 amide bonds. The van der Waals surface area contributed by atoms with Gasteiger partial charge in [-0.25, -0.2) is 0 Å². The molecule has 0 aliphatic rings. The zero-order chi connectivity index (χ0) is 12.2. The van der Waals surface area contributed by atoms with Crippen molar-refractivity contribution in [3.63, 3.8) is 0 Å². The lowest BCUT2D eigenvalue weighted by molar-refractivity contribution is -0.274. The summed E-state index contributed by atoms with van der Waals surface area (Å²) in [5.41, 5.74) is 0.0968. The highest BCUT2D eigenvalue weighted by molar-refractivity contribution is 6.69. The third kappa shape index (κ3) is 3.33. The van der Waals surface area contributed by atoms with Crippen molar-refractivity contribution in [3.05, 3.63) is 34.1 Å². The average Bonchev–Trinajstić information content (AvgIpc) is 2.20. The van der Waals surface area contributed by atoms with Crippen molar-refractivity contribution in [2.45, 2.75) is 6.36 Å². The van der Waals surface area contributed by atoms with Crippen molar-refractivity contribution in [2.75, 3.05) is 0 Å². The zero-order valence-electron chi connectivity index (χ0n) is 7.64. The Morgan fingerprint density at radius 3 is 1.94 bits per heavy atom. The first-order valence-corrected chi connectivity index (χ1v) is 3.97. The molecule has 84 valence electrons. The van der Waals surface area contributed by atoms with Crippen LogP contribution in [0.2, 0.25) is 0 Å². The van der Waals surface area contributed by atoms with Gasteiger partial charge in [-0.1, -0.05) is 22.3 Å². The number of alkyl halides is 3. The van der Waals surface area contributed by atoms with Gasteiger partial charge in [0.05, 0.1) is 0 Å². The Morgan fingerprint density at radius 1 is 1.06 bits per heavy atom. The average molecular weight is 232 g/mol. The minimum Gasteiger partial charge on any atom is -0.406 e. The van der Waals surface area contributed by atoms with Gasteiger partial charge in [0.1, 0.15) is 5.75 Å². The summed E-state index contributed by atoms with van der Waals surface area (Å²) in [5.74, 6) is -0.452. The van der Waals surface area contributed by atoms with Crippen molar-refractivity contribution in [2.24, 2.45) is 10.2 Å². The fourth-order valence-corrected chi connectivity index (χ4v) is 0.983. The molecule has 0 N–H and O–H groups in total. The van der Waals surface area contributed by atoms with Crippen LogP contribution in [-0.2, 0) is 0 Å². The SMILES string of the molecule is O=NB(N=O)c1ccc(OC(F)(F)F)cc1. The van der Waals surface area contributed by atoms with E-state index < -0.39 is 19.1 Å². The highest BCUT2D eigenvalue weighted by Crippen LogP contribution is 2.21. The molecule has 0 heterocycles. The smallest absolute Gasteiger partial charge is 0.406 e. The third-order valence-electron chi connectivity index (χ3n) is 1.61. The molecule has 5 nitrogen and oxygen atoms in total. The van der Waals surface area contributed by atoms with Crippen molar-refractivity contribution < 1.29 is 17.9 Å². The highest BCUT2D eigenvalue weighted by Gasteiger charge is 2.31. The summed E-state index contributed by atoms with van der Waals surface area (Å²) in [6, 6.07) is 4.14. The molecule has 0 aliphatic carbocycles. The summed E-state index contributed by atoms with van der Waals surface area (Å²) >= 11 is 0. The summed E-state index contributed by atoms with van der Waals surface area (Å²) in [6.07, 6.45) is -4.78. The normalized spacial score (nSPS) is 10.7. The van der Waals surface area contributed by atoms with E-state index in [9.17, 15) is 23.0 Å². The summed E-state index contributed by atoms with van der Waals surface area (Å²) in [4.78, 5) is 20.2. The molecule has 16 heavy (non-hydrogen) atoms. The summed E-state index contributed by atoms with van der Waals surface area (Å²) in [5, 5.41) is 4.78. The quantitative estimate of drug-likeness (QED) is 0.587. The van der Waals surface area contributed by atoms with Gasteiger partial charge in [-0.3, -0.25) is 0 Å². The minimum atomic E-state index is -4.78. The Bertz CT molecular complexity index is 373. The fraction of sp³-hybridized carbons (Fsp3) is 0.143. The molecule has 9 heteroatoms. The molecule has 0 aliphatic heterocycles. The molecule has 1 aromatic carbocycles. The van der Waals surface area contributed by atoms with Gasteiger partial charge in [0, 0.05) is 0 Å². The monoisotopic (exact) mass is 232 g/mol. The lowest BCUT2D eigenvalue weighted by Crippen LogP contribution is -2.25. The maximum Gasteiger partial charge on any atom is 0.573 e.